The molecule has 1 N–H and O–H groups in total. The smallest absolute Gasteiger partial charge is 0.229 e. The number of aryl methyl sites for hydroxylation is 1. The highest BCUT2D eigenvalue weighted by Gasteiger charge is 2.17. The fraction of sp³-hybridized carbons (Fsp3) is 0.130. The number of aromatic nitrogens is 3. The predicted octanol–water partition coefficient (Wildman–Crippen LogP) is 4.49. The number of rotatable bonds is 5. The molecule has 0 bridgehead atoms. The Morgan fingerprint density at radius 3 is 2.71 bits per heavy atom. The lowest BCUT2D eigenvalue weighted by atomic mass is 10.1. The van der Waals surface area contributed by atoms with Gasteiger partial charge in [-0.15, -0.1) is 0 Å². The van der Waals surface area contributed by atoms with Crippen LogP contribution in [0.3, 0.4) is 0 Å². The monoisotopic (exact) mass is 433 g/mol. The number of fused-ring (bicyclic) bond motifs is 1. The number of nitrogens with zero attached hydrogens (tertiary/aromatic N) is 4. The third-order valence-corrected chi connectivity index (χ3v) is 5.24. The van der Waals surface area contributed by atoms with Crippen molar-refractivity contribution in [2.24, 2.45) is 7.05 Å². The van der Waals surface area contributed by atoms with E-state index in [-0.39, 0.29) is 18.2 Å². The van der Waals surface area contributed by atoms with Gasteiger partial charge in [0.2, 0.25) is 11.8 Å². The number of amides is 2. The molecule has 0 saturated carbocycles. The molecule has 0 spiro atoms. The number of carbonyl (C=O) groups is 2. The highest BCUT2D eigenvalue weighted by molar-refractivity contribution is 6.31. The molecular formula is C23H20ClN5O2. The number of hydrogen-bond acceptors (Lipinski definition) is 4. The number of halogens is 1. The van der Waals surface area contributed by atoms with Crippen molar-refractivity contribution >= 4 is 51.5 Å². The summed E-state index contributed by atoms with van der Waals surface area (Å²) in [6.45, 7) is 1.47. The first kappa shape index (κ1) is 20.6. The van der Waals surface area contributed by atoms with E-state index >= 15 is 0 Å². The first-order chi connectivity index (χ1) is 14.9. The fourth-order valence-electron chi connectivity index (χ4n) is 3.40. The molecule has 0 aliphatic heterocycles. The average molecular weight is 434 g/mol. The van der Waals surface area contributed by atoms with Crippen molar-refractivity contribution < 1.29 is 9.59 Å². The average Bonchev–Trinajstić information content (AvgIpc) is 3.10. The molecule has 0 aliphatic carbocycles. The standard InChI is InChI=1S/C23H20ClN5O2/c1-15(30)29(19-7-8-21-17(11-19)14-26-28(21)2)22-13-18(9-10-25-22)27-23(31)12-16-5-3-4-6-20(16)24/h3-11,13-14H,12H2,1-2H3,(H,25,27,31). The molecule has 156 valence electrons. The van der Waals surface area contributed by atoms with Crippen molar-refractivity contribution in [2.75, 3.05) is 10.2 Å². The molecule has 8 heteroatoms. The summed E-state index contributed by atoms with van der Waals surface area (Å²) < 4.78 is 1.77. The maximum absolute atomic E-state index is 12.5. The van der Waals surface area contributed by atoms with Crippen LogP contribution < -0.4 is 10.2 Å². The van der Waals surface area contributed by atoms with Crippen LogP contribution in [0.4, 0.5) is 17.2 Å². The van der Waals surface area contributed by atoms with E-state index in [1.807, 2.05) is 43.4 Å². The Kier molecular flexibility index (Phi) is 5.68. The molecular weight excluding hydrogens is 414 g/mol. The van der Waals surface area contributed by atoms with Crippen LogP contribution in [0.1, 0.15) is 12.5 Å². The number of anilines is 3. The van der Waals surface area contributed by atoms with Gasteiger partial charge in [0.1, 0.15) is 5.82 Å². The summed E-state index contributed by atoms with van der Waals surface area (Å²) in [7, 11) is 1.86. The van der Waals surface area contributed by atoms with E-state index in [1.54, 1.807) is 35.3 Å². The number of pyridine rings is 1. The third-order valence-electron chi connectivity index (χ3n) is 4.87. The molecule has 0 radical (unpaired) electrons. The van der Waals surface area contributed by atoms with Crippen molar-refractivity contribution in [3.05, 3.63) is 77.6 Å². The van der Waals surface area contributed by atoms with Gasteiger partial charge in [-0.2, -0.15) is 5.10 Å². The maximum atomic E-state index is 12.5. The van der Waals surface area contributed by atoms with Crippen molar-refractivity contribution in [3.8, 4) is 0 Å². The third kappa shape index (κ3) is 4.41. The van der Waals surface area contributed by atoms with E-state index in [9.17, 15) is 9.59 Å². The molecule has 7 nitrogen and oxygen atoms in total. The highest BCUT2D eigenvalue weighted by atomic mass is 35.5. The lowest BCUT2D eigenvalue weighted by molar-refractivity contribution is -0.116. The van der Waals surface area contributed by atoms with Crippen molar-refractivity contribution in [1.29, 1.82) is 0 Å². The molecule has 4 rings (SSSR count). The Morgan fingerprint density at radius 2 is 1.94 bits per heavy atom. The van der Waals surface area contributed by atoms with E-state index in [2.05, 4.69) is 15.4 Å². The first-order valence-corrected chi connectivity index (χ1v) is 10.0. The van der Waals surface area contributed by atoms with E-state index in [4.69, 9.17) is 11.6 Å². The van der Waals surface area contributed by atoms with Gasteiger partial charge in [0, 0.05) is 42.3 Å². The van der Waals surface area contributed by atoms with Gasteiger partial charge in [-0.05, 0) is 35.9 Å². The normalized spacial score (nSPS) is 10.8. The lowest BCUT2D eigenvalue weighted by Gasteiger charge is -2.21. The van der Waals surface area contributed by atoms with Crippen LogP contribution in [0.25, 0.3) is 10.9 Å². The fourth-order valence-corrected chi connectivity index (χ4v) is 3.61. The Morgan fingerprint density at radius 1 is 1.13 bits per heavy atom. The van der Waals surface area contributed by atoms with Gasteiger partial charge in [-0.25, -0.2) is 4.98 Å². The zero-order valence-electron chi connectivity index (χ0n) is 17.0. The van der Waals surface area contributed by atoms with Gasteiger partial charge >= 0.3 is 0 Å². The van der Waals surface area contributed by atoms with Crippen molar-refractivity contribution in [3.63, 3.8) is 0 Å². The molecule has 0 unspecified atom stereocenters. The minimum absolute atomic E-state index is 0.144. The molecule has 2 amide bonds. The summed E-state index contributed by atoms with van der Waals surface area (Å²) >= 11 is 6.14. The zero-order chi connectivity index (χ0) is 22.0. The Bertz CT molecular complexity index is 1280. The molecule has 31 heavy (non-hydrogen) atoms. The van der Waals surface area contributed by atoms with Gasteiger partial charge in [0.15, 0.2) is 0 Å². The van der Waals surface area contributed by atoms with Gasteiger partial charge in [0.25, 0.3) is 0 Å². The van der Waals surface area contributed by atoms with Crippen LogP contribution in [0.5, 0.6) is 0 Å². The predicted molar refractivity (Wildman–Crippen MR) is 122 cm³/mol. The SMILES string of the molecule is CC(=O)N(c1ccc2c(cnn2C)c1)c1cc(NC(=O)Cc2ccccc2Cl)ccn1. The minimum atomic E-state index is -0.212. The van der Waals surface area contributed by atoms with Crippen LogP contribution in [0.2, 0.25) is 5.02 Å². The highest BCUT2D eigenvalue weighted by Crippen LogP contribution is 2.29. The second-order valence-electron chi connectivity index (χ2n) is 7.08. The van der Waals surface area contributed by atoms with Crippen LogP contribution in [0.15, 0.2) is 67.0 Å². The molecule has 2 aromatic carbocycles. The number of nitrogens with one attached hydrogen (secondary N) is 1. The molecule has 0 aliphatic rings. The maximum Gasteiger partial charge on any atom is 0.229 e. The topological polar surface area (TPSA) is 80.1 Å². The second-order valence-corrected chi connectivity index (χ2v) is 7.49. The molecule has 0 atom stereocenters. The van der Waals surface area contributed by atoms with Crippen LogP contribution in [0, 0.1) is 0 Å². The molecule has 4 aromatic rings. The molecule has 2 heterocycles. The largest absolute Gasteiger partial charge is 0.326 e. The number of benzene rings is 2. The molecule has 0 saturated heterocycles. The lowest BCUT2D eigenvalue weighted by Crippen LogP contribution is -2.24. The minimum Gasteiger partial charge on any atom is -0.326 e. The van der Waals surface area contributed by atoms with Gasteiger partial charge in [0.05, 0.1) is 23.8 Å². The van der Waals surface area contributed by atoms with E-state index in [0.717, 1.165) is 16.5 Å². The van der Waals surface area contributed by atoms with Crippen molar-refractivity contribution in [1.82, 2.24) is 14.8 Å². The van der Waals surface area contributed by atoms with Crippen LogP contribution in [-0.4, -0.2) is 26.6 Å². The van der Waals surface area contributed by atoms with Crippen LogP contribution in [-0.2, 0) is 23.1 Å². The quantitative estimate of drug-likeness (QED) is 0.503. The second kappa shape index (κ2) is 8.57. The van der Waals surface area contributed by atoms with Gasteiger partial charge in [-0.1, -0.05) is 29.8 Å². The van der Waals surface area contributed by atoms with Gasteiger partial charge in [-0.3, -0.25) is 19.2 Å². The van der Waals surface area contributed by atoms with Crippen LogP contribution >= 0.6 is 11.6 Å². The first-order valence-electron chi connectivity index (χ1n) is 9.64. The van der Waals surface area contributed by atoms with Gasteiger partial charge < -0.3 is 5.32 Å². The summed E-state index contributed by atoms with van der Waals surface area (Å²) in [6, 6.07) is 16.2. The van der Waals surface area contributed by atoms with E-state index in [1.165, 1.54) is 11.8 Å². The Hall–Kier alpha value is -3.71. The van der Waals surface area contributed by atoms with E-state index < -0.39 is 0 Å². The Labute approximate surface area is 184 Å². The molecule has 0 fully saturated rings. The summed E-state index contributed by atoms with van der Waals surface area (Å²) in [5, 5.41) is 8.54. The Balaban J connectivity index is 1.59. The summed E-state index contributed by atoms with van der Waals surface area (Å²) in [4.78, 5) is 30.8. The summed E-state index contributed by atoms with van der Waals surface area (Å²) in [5.74, 6) is -0.00188. The summed E-state index contributed by atoms with van der Waals surface area (Å²) in [6.07, 6.45) is 3.44. The van der Waals surface area contributed by atoms with E-state index in [0.29, 0.717) is 22.2 Å². The molecule has 2 aromatic heterocycles. The zero-order valence-corrected chi connectivity index (χ0v) is 17.8. The number of hydrogen-bond donors (Lipinski definition) is 1. The summed E-state index contributed by atoms with van der Waals surface area (Å²) in [5.41, 5.74) is 2.91. The van der Waals surface area contributed by atoms with Crippen molar-refractivity contribution in [2.45, 2.75) is 13.3 Å². The number of carbonyl (C=O) groups excluding carboxylic acids is 2.